The molecule has 0 aromatic rings. The molecule has 0 nitrogen and oxygen atoms in total. The summed E-state index contributed by atoms with van der Waals surface area (Å²) in [5, 5.41) is 0. The Kier molecular flexibility index (Phi) is 758. The standard InChI is InChI=1S/C4H10.C3H8.3C2H6.2B/c1-3-4-2;1-3-2;3*1-2;;/h3-4H2,1-2H3;3H2,1-2H3;3*1-2H3;;. The summed E-state index contributed by atoms with van der Waals surface area (Å²) in [5.74, 6) is 0. The Balaban J connectivity index is -0.0000000107. The first kappa shape index (κ1) is 45.7. The van der Waals surface area contributed by atoms with Crippen LogP contribution >= 0.6 is 0 Å². The molecule has 0 fully saturated rings. The second-order valence-electron chi connectivity index (χ2n) is 1.71. The molecular weight excluding hydrogens is 178 g/mol. The lowest BCUT2D eigenvalue weighted by atomic mass is 10.4. The fourth-order valence-corrected chi connectivity index (χ4v) is 0. The Labute approximate surface area is 106 Å². The van der Waals surface area contributed by atoms with Crippen LogP contribution < -0.4 is 0 Å². The van der Waals surface area contributed by atoms with E-state index in [1.54, 1.807) is 0 Å². The van der Waals surface area contributed by atoms with E-state index in [1.165, 1.54) is 19.3 Å². The molecule has 0 amide bonds. The summed E-state index contributed by atoms with van der Waals surface area (Å²) in [6.45, 7) is 20.6. The summed E-state index contributed by atoms with van der Waals surface area (Å²) in [4.78, 5) is 0. The summed E-state index contributed by atoms with van der Waals surface area (Å²) in [5.41, 5.74) is 0. The van der Waals surface area contributed by atoms with Crippen LogP contribution in [0.3, 0.4) is 0 Å². The van der Waals surface area contributed by atoms with Crippen LogP contribution in [0.2, 0.25) is 0 Å². The van der Waals surface area contributed by atoms with Gasteiger partial charge in [0.25, 0.3) is 0 Å². The van der Waals surface area contributed by atoms with Gasteiger partial charge in [0, 0.05) is 16.8 Å². The Morgan fingerprint density at radius 2 is 0.533 bits per heavy atom. The Hall–Kier alpha value is 0.130. The fourth-order valence-electron chi connectivity index (χ4n) is 0. The van der Waals surface area contributed by atoms with E-state index < -0.39 is 0 Å². The Bertz CT molecular complexity index is 16.0. The second kappa shape index (κ2) is 249. The van der Waals surface area contributed by atoms with Gasteiger partial charge >= 0.3 is 0 Å². The van der Waals surface area contributed by atoms with Crippen molar-refractivity contribution < 1.29 is 0 Å². The van der Waals surface area contributed by atoms with Crippen LogP contribution in [0.1, 0.15) is 88.5 Å². The smallest absolute Gasteiger partial charge is 0 e. The summed E-state index contributed by atoms with van der Waals surface area (Å²) in [7, 11) is 0. The average molecular weight is 214 g/mol. The third kappa shape index (κ3) is 1630. The van der Waals surface area contributed by atoms with Gasteiger partial charge < -0.3 is 0 Å². The van der Waals surface area contributed by atoms with Crippen LogP contribution in [-0.2, 0) is 0 Å². The molecule has 0 aliphatic heterocycles. The molecule has 0 aliphatic carbocycles. The molecule has 0 saturated carbocycles. The first-order valence-electron chi connectivity index (χ1n) is 6.33. The second-order valence-corrected chi connectivity index (χ2v) is 1.71. The van der Waals surface area contributed by atoms with Crippen molar-refractivity contribution in [2.45, 2.75) is 88.5 Å². The normalized spacial score (nSPS) is 4.40. The van der Waals surface area contributed by atoms with Crippen LogP contribution in [0, 0.1) is 0 Å². The predicted molar refractivity (Wildman–Crippen MR) is 82.1 cm³/mol. The quantitative estimate of drug-likeness (QED) is 0.502. The highest BCUT2D eigenvalue weighted by molar-refractivity contribution is 5.76. The van der Waals surface area contributed by atoms with Gasteiger partial charge in [-0.2, -0.15) is 0 Å². The predicted octanol–water partition coefficient (Wildman–Crippen LogP) is 5.54. The average Bonchev–Trinajstić information content (AvgIpc) is 2.27. The van der Waals surface area contributed by atoms with E-state index in [4.69, 9.17) is 0 Å². The molecule has 2 heteroatoms. The summed E-state index contributed by atoms with van der Waals surface area (Å²) >= 11 is 0. The van der Waals surface area contributed by atoms with E-state index >= 15 is 0 Å². The summed E-state index contributed by atoms with van der Waals surface area (Å²) in [6, 6.07) is 0. The lowest BCUT2D eigenvalue weighted by molar-refractivity contribution is 0.886. The van der Waals surface area contributed by atoms with Crippen molar-refractivity contribution in [3.05, 3.63) is 0 Å². The van der Waals surface area contributed by atoms with Crippen molar-refractivity contribution in [3.63, 3.8) is 0 Å². The minimum absolute atomic E-state index is 0. The highest BCUT2D eigenvalue weighted by Crippen LogP contribution is 1.76. The maximum atomic E-state index is 2.18. The minimum atomic E-state index is 0. The third-order valence-corrected chi connectivity index (χ3v) is 0.500. The van der Waals surface area contributed by atoms with Crippen molar-refractivity contribution in [2.24, 2.45) is 0 Å². The van der Waals surface area contributed by atoms with Crippen LogP contribution in [-0.4, -0.2) is 16.8 Å². The lowest BCUT2D eigenvalue weighted by Gasteiger charge is -1.68. The maximum Gasteiger partial charge on any atom is 0 e. The van der Waals surface area contributed by atoms with Crippen molar-refractivity contribution >= 4 is 16.8 Å². The molecule has 0 saturated heterocycles. The highest BCUT2D eigenvalue weighted by Gasteiger charge is 1.56. The first-order valence-corrected chi connectivity index (χ1v) is 6.33. The Morgan fingerprint density at radius 3 is 0.533 bits per heavy atom. The molecular formula is C13H36B2. The molecule has 0 heterocycles. The van der Waals surface area contributed by atoms with Crippen molar-refractivity contribution in [2.75, 3.05) is 0 Å². The fraction of sp³-hybridized carbons (Fsp3) is 1.00. The number of unbranched alkanes of at least 4 members (excludes halogenated alkanes) is 1. The number of hydrogen-bond acceptors (Lipinski definition) is 0. The molecule has 0 N–H and O–H groups in total. The molecule has 0 spiro atoms. The SMILES string of the molecule is CC.CC.CC.CCC.CCCC.[B].[B]. The van der Waals surface area contributed by atoms with Crippen molar-refractivity contribution in [1.29, 1.82) is 0 Å². The minimum Gasteiger partial charge on any atom is -0.0683 e. The lowest BCUT2D eigenvalue weighted by Crippen LogP contribution is -1.47. The third-order valence-electron chi connectivity index (χ3n) is 0.500. The molecule has 0 unspecified atom stereocenters. The van der Waals surface area contributed by atoms with E-state index in [1.807, 2.05) is 41.5 Å². The molecule has 0 bridgehead atoms. The van der Waals surface area contributed by atoms with Gasteiger partial charge in [-0.25, -0.2) is 0 Å². The molecule has 94 valence electrons. The Morgan fingerprint density at radius 1 is 0.467 bits per heavy atom. The highest BCUT2D eigenvalue weighted by atomic mass is 13.6. The van der Waals surface area contributed by atoms with E-state index in [2.05, 4.69) is 27.7 Å². The van der Waals surface area contributed by atoms with Gasteiger partial charge in [-0.15, -0.1) is 0 Å². The van der Waals surface area contributed by atoms with Gasteiger partial charge in [0.15, 0.2) is 0 Å². The topological polar surface area (TPSA) is 0 Å². The maximum absolute atomic E-state index is 2.18. The van der Waals surface area contributed by atoms with Crippen molar-refractivity contribution in [3.8, 4) is 0 Å². The first-order chi connectivity index (χ1) is 6.33. The van der Waals surface area contributed by atoms with Crippen LogP contribution in [0.25, 0.3) is 0 Å². The molecule has 0 rings (SSSR count). The van der Waals surface area contributed by atoms with Gasteiger partial charge in [0.1, 0.15) is 0 Å². The van der Waals surface area contributed by atoms with Crippen LogP contribution in [0.5, 0.6) is 0 Å². The molecule has 0 aromatic carbocycles. The summed E-state index contributed by atoms with van der Waals surface area (Å²) < 4.78 is 0. The van der Waals surface area contributed by atoms with E-state index in [-0.39, 0.29) is 16.8 Å². The zero-order valence-electron chi connectivity index (χ0n) is 13.3. The monoisotopic (exact) mass is 214 g/mol. The van der Waals surface area contributed by atoms with Crippen LogP contribution in [0.15, 0.2) is 0 Å². The zero-order chi connectivity index (χ0) is 12.1. The number of hydrogen-bond donors (Lipinski definition) is 0. The van der Waals surface area contributed by atoms with E-state index in [9.17, 15) is 0 Å². The van der Waals surface area contributed by atoms with Gasteiger partial charge in [0.2, 0.25) is 0 Å². The van der Waals surface area contributed by atoms with Crippen molar-refractivity contribution in [1.82, 2.24) is 0 Å². The molecule has 0 aromatic heterocycles. The largest absolute Gasteiger partial charge is 0.0683 e. The van der Waals surface area contributed by atoms with E-state index in [0.29, 0.717) is 0 Å². The van der Waals surface area contributed by atoms with Gasteiger partial charge in [-0.1, -0.05) is 88.5 Å². The molecule has 0 atom stereocenters. The molecule has 15 heavy (non-hydrogen) atoms. The number of rotatable bonds is 1. The molecule has 0 aliphatic rings. The van der Waals surface area contributed by atoms with Gasteiger partial charge in [-0.3, -0.25) is 0 Å². The van der Waals surface area contributed by atoms with Gasteiger partial charge in [-0.05, 0) is 0 Å². The zero-order valence-corrected chi connectivity index (χ0v) is 13.3. The summed E-state index contributed by atoms with van der Waals surface area (Å²) in [6.07, 6.45) is 3.89. The van der Waals surface area contributed by atoms with E-state index in [0.717, 1.165) is 0 Å². The molecule has 6 radical (unpaired) electrons. The van der Waals surface area contributed by atoms with Crippen LogP contribution in [0.4, 0.5) is 0 Å². The van der Waals surface area contributed by atoms with Gasteiger partial charge in [0.05, 0.1) is 0 Å².